The quantitative estimate of drug-likeness (QED) is 0.450. The molecule has 0 saturated carbocycles. The van der Waals surface area contributed by atoms with E-state index in [-0.39, 0.29) is 5.76 Å². The fourth-order valence-corrected chi connectivity index (χ4v) is 0.995. The first-order valence-electron chi connectivity index (χ1n) is 2.58. The van der Waals surface area contributed by atoms with Crippen LogP contribution in [0.4, 0.5) is 0 Å². The molecule has 1 aromatic heterocycles. The number of hydrogen-bond donors (Lipinski definition) is 0. The Hall–Kier alpha value is -1.14. The van der Waals surface area contributed by atoms with Gasteiger partial charge in [-0.1, -0.05) is 0 Å². The third-order valence-corrected chi connectivity index (χ3v) is 1.73. The van der Waals surface area contributed by atoms with Gasteiger partial charge in [-0.15, -0.1) is 8.42 Å². The monoisotopic (exact) mass is 177 g/mol. The Morgan fingerprint density at radius 1 is 1.45 bits per heavy atom. The van der Waals surface area contributed by atoms with Gasteiger partial charge in [0.05, 0.1) is 0 Å². The summed E-state index contributed by atoms with van der Waals surface area (Å²) in [4.78, 5) is 10.00. The minimum atomic E-state index is -4.07. The zero-order valence-electron chi connectivity index (χ0n) is 5.27. The average molecular weight is 177 g/mol. The molecule has 0 amide bonds. The van der Waals surface area contributed by atoms with Crippen molar-refractivity contribution in [1.82, 2.24) is 0 Å². The minimum Gasteiger partial charge on any atom is -0.436 e. The van der Waals surface area contributed by atoms with Gasteiger partial charge in [0.25, 0.3) is 5.09 Å². The minimum absolute atomic E-state index is 0.101. The molecule has 0 fully saturated rings. The van der Waals surface area contributed by atoms with E-state index in [4.69, 9.17) is 4.55 Å². The summed E-state index contributed by atoms with van der Waals surface area (Å²) < 4.78 is 31.8. The van der Waals surface area contributed by atoms with Gasteiger partial charge in [-0.25, -0.2) is 0 Å². The Morgan fingerprint density at radius 2 is 2.09 bits per heavy atom. The summed E-state index contributed by atoms with van der Waals surface area (Å²) in [5.41, 5.74) is 0. The average Bonchev–Trinajstić information content (AvgIpc) is 2.32. The number of rotatable bonds is 2. The topological polar surface area (TPSA) is 87.2 Å². The molecule has 2 N–H and O–H groups in total. The predicted octanol–water partition coefficient (Wildman–Crippen LogP) is -0.495. The number of carbonyl (C=O) groups excluding carboxylic acids is 1. The van der Waals surface area contributed by atoms with Crippen molar-refractivity contribution in [3.05, 3.63) is 17.9 Å². The summed E-state index contributed by atoms with van der Waals surface area (Å²) >= 11 is 0. The van der Waals surface area contributed by atoms with Gasteiger partial charge in [-0.2, -0.15) is 0 Å². The van der Waals surface area contributed by atoms with E-state index >= 15 is 0 Å². The van der Waals surface area contributed by atoms with Crippen LogP contribution in [-0.4, -0.2) is 19.3 Å². The van der Waals surface area contributed by atoms with Gasteiger partial charge >= 0.3 is 10.1 Å². The lowest BCUT2D eigenvalue weighted by Crippen LogP contribution is -1.94. The van der Waals surface area contributed by atoms with Crippen molar-refractivity contribution in [3.63, 3.8) is 0 Å². The second-order valence-electron chi connectivity index (χ2n) is 1.78. The van der Waals surface area contributed by atoms with Crippen LogP contribution in [0.5, 0.6) is 0 Å². The molecule has 1 aromatic rings. The van der Waals surface area contributed by atoms with E-state index in [2.05, 4.69) is 4.42 Å². The molecule has 1 heterocycles. The molecular weight excluding hydrogens is 172 g/mol. The van der Waals surface area contributed by atoms with E-state index in [9.17, 15) is 13.2 Å². The lowest BCUT2D eigenvalue weighted by atomic mass is 10.5. The molecule has 0 aliphatic carbocycles. The molecule has 0 saturated heterocycles. The Balaban J connectivity index is 3.18. The molecule has 0 spiro atoms. The molecule has 0 aliphatic rings. The summed E-state index contributed by atoms with van der Waals surface area (Å²) in [6.07, 6.45) is 0.370. The lowest BCUT2D eigenvalue weighted by Gasteiger charge is -1.82. The molecule has 0 atom stereocenters. The molecular formula is C5H5O5S+. The number of hydrogen-bond acceptors (Lipinski definition) is 4. The highest BCUT2D eigenvalue weighted by atomic mass is 32.2. The van der Waals surface area contributed by atoms with E-state index < -0.39 is 15.2 Å². The third-order valence-electron chi connectivity index (χ3n) is 0.983. The highest BCUT2D eigenvalue weighted by molar-refractivity contribution is 7.85. The Morgan fingerprint density at radius 3 is 2.36 bits per heavy atom. The normalized spacial score (nSPS) is 11.4. The van der Waals surface area contributed by atoms with Crippen molar-refractivity contribution in [2.45, 2.75) is 5.09 Å². The summed E-state index contributed by atoms with van der Waals surface area (Å²) in [7, 11) is -4.07. The maximum absolute atomic E-state index is 10.4. The van der Waals surface area contributed by atoms with Crippen LogP contribution < -0.4 is 0 Å². The van der Waals surface area contributed by atoms with Gasteiger partial charge in [-0.3, -0.25) is 4.79 Å². The van der Waals surface area contributed by atoms with Gasteiger partial charge in [-0.05, 0) is 6.07 Å². The molecule has 5 nitrogen and oxygen atoms in total. The summed E-state index contributed by atoms with van der Waals surface area (Å²) in [6, 6.07) is 2.25. The first kappa shape index (κ1) is 7.96. The van der Waals surface area contributed by atoms with Crippen LogP contribution in [0, 0.1) is 0 Å². The Labute approximate surface area is 62.4 Å². The van der Waals surface area contributed by atoms with Crippen LogP contribution in [0.25, 0.3) is 0 Å². The molecule has 0 unspecified atom stereocenters. The largest absolute Gasteiger partial charge is 0.443 e. The number of carbonyl (C=O) groups is 1. The maximum atomic E-state index is 10.4. The highest BCUT2D eigenvalue weighted by Crippen LogP contribution is 2.11. The molecule has 11 heavy (non-hydrogen) atoms. The summed E-state index contributed by atoms with van der Waals surface area (Å²) in [5, 5.41) is -0.514. The van der Waals surface area contributed by atoms with E-state index in [1.165, 1.54) is 6.07 Å². The van der Waals surface area contributed by atoms with Crippen molar-refractivity contribution in [1.29, 1.82) is 0 Å². The van der Waals surface area contributed by atoms with Crippen LogP contribution in [0.2, 0.25) is 0 Å². The number of aldehydes is 1. The Bertz CT molecular complexity index is 360. The van der Waals surface area contributed by atoms with Crippen molar-refractivity contribution >= 4 is 16.4 Å². The van der Waals surface area contributed by atoms with Crippen LogP contribution in [-0.2, 0) is 10.1 Å². The van der Waals surface area contributed by atoms with Crippen LogP contribution in [0.15, 0.2) is 21.6 Å². The zero-order chi connectivity index (χ0) is 8.48. The maximum Gasteiger partial charge on any atom is 0.443 e. The molecule has 6 heteroatoms. The summed E-state index contributed by atoms with van der Waals surface area (Å²) in [5.74, 6) is -0.101. The van der Waals surface area contributed by atoms with Crippen molar-refractivity contribution in [2.75, 3.05) is 0 Å². The van der Waals surface area contributed by atoms with E-state index in [0.717, 1.165) is 6.07 Å². The fourth-order valence-electron chi connectivity index (χ4n) is 0.542. The summed E-state index contributed by atoms with van der Waals surface area (Å²) in [6.45, 7) is 0. The molecule has 0 radical (unpaired) electrons. The standard InChI is InChI=1S/C5H4O5S/c6-3-4-1-2-5(10-4)11(7,8)9/h1-3H,(H,7,8,9)/p+1. The van der Waals surface area contributed by atoms with Gasteiger partial charge in [0.1, 0.15) is 0 Å². The first-order valence-corrected chi connectivity index (χ1v) is 4.07. The third kappa shape index (κ3) is 1.66. The van der Waals surface area contributed by atoms with Gasteiger partial charge in [0, 0.05) is 6.07 Å². The predicted molar refractivity (Wildman–Crippen MR) is 34.9 cm³/mol. The second-order valence-corrected chi connectivity index (χ2v) is 3.19. The van der Waals surface area contributed by atoms with E-state index in [1.807, 2.05) is 0 Å². The van der Waals surface area contributed by atoms with E-state index in [0.29, 0.717) is 6.29 Å². The Kier molecular flexibility index (Phi) is 1.79. The van der Waals surface area contributed by atoms with Crippen molar-refractivity contribution in [3.8, 4) is 0 Å². The molecule has 1 rings (SSSR count). The van der Waals surface area contributed by atoms with E-state index in [1.54, 1.807) is 0 Å². The molecule has 0 bridgehead atoms. The zero-order valence-corrected chi connectivity index (χ0v) is 6.09. The number of furan rings is 1. The van der Waals surface area contributed by atoms with Gasteiger partial charge < -0.3 is 8.97 Å². The van der Waals surface area contributed by atoms with Gasteiger partial charge in [0.2, 0.25) is 0 Å². The van der Waals surface area contributed by atoms with Crippen LogP contribution in [0.3, 0.4) is 0 Å². The van der Waals surface area contributed by atoms with Crippen molar-refractivity contribution < 1.29 is 22.2 Å². The second kappa shape index (κ2) is 2.48. The van der Waals surface area contributed by atoms with Crippen LogP contribution in [0.1, 0.15) is 10.6 Å². The van der Waals surface area contributed by atoms with Crippen LogP contribution >= 0.6 is 0 Å². The van der Waals surface area contributed by atoms with Crippen molar-refractivity contribution in [2.24, 2.45) is 0 Å². The smallest absolute Gasteiger partial charge is 0.436 e. The molecule has 60 valence electrons. The molecule has 0 aliphatic heterocycles. The molecule has 0 aromatic carbocycles. The fraction of sp³-hybridized carbons (Fsp3) is 0. The highest BCUT2D eigenvalue weighted by Gasteiger charge is 2.19. The SMILES string of the molecule is O=Cc1ccc(S(=O)(=O)[OH2+])o1. The first-order chi connectivity index (χ1) is 5.04. The lowest BCUT2D eigenvalue weighted by molar-refractivity contribution is 0.109. The van der Waals surface area contributed by atoms with Gasteiger partial charge in [0.15, 0.2) is 12.0 Å².